The van der Waals surface area contributed by atoms with E-state index in [1.54, 1.807) is 0 Å². The summed E-state index contributed by atoms with van der Waals surface area (Å²) in [5.41, 5.74) is 12.7. The van der Waals surface area contributed by atoms with E-state index in [9.17, 15) is 0 Å². The van der Waals surface area contributed by atoms with Gasteiger partial charge in [0.1, 0.15) is 23.0 Å². The van der Waals surface area contributed by atoms with Gasteiger partial charge in [-0.15, -0.1) is 0 Å². The second kappa shape index (κ2) is 8.73. The van der Waals surface area contributed by atoms with Gasteiger partial charge in [0.05, 0.1) is 34.1 Å². The molecule has 0 bridgehead atoms. The first-order chi connectivity index (χ1) is 24.8. The van der Waals surface area contributed by atoms with Crippen LogP contribution in [-0.4, -0.2) is 13.4 Å². The summed E-state index contributed by atoms with van der Waals surface area (Å²) in [4.78, 5) is 4.74. The topological polar surface area (TPSA) is 43.4 Å². The van der Waals surface area contributed by atoms with Gasteiger partial charge < -0.3 is 28.7 Å². The molecule has 0 aromatic heterocycles. The van der Waals surface area contributed by atoms with Gasteiger partial charge >= 0.3 is 0 Å². The van der Waals surface area contributed by atoms with Crippen LogP contribution < -0.4 is 61.5 Å². The maximum atomic E-state index is 7.26. The average Bonchev–Trinajstić information content (AvgIpc) is 3.17. The summed E-state index contributed by atoms with van der Waals surface area (Å²) in [5.74, 6) is 6.64. The molecule has 0 fully saturated rings. The van der Waals surface area contributed by atoms with Gasteiger partial charge in [0.25, 0.3) is 13.4 Å². The lowest BCUT2D eigenvalue weighted by Gasteiger charge is -2.49. The Labute approximate surface area is 287 Å². The maximum absolute atomic E-state index is 7.26. The highest BCUT2D eigenvalue weighted by atomic mass is 16.5. The molecule has 13 rings (SSSR count). The third-order valence-electron chi connectivity index (χ3n) is 11.1. The van der Waals surface area contributed by atoms with Crippen LogP contribution in [0.1, 0.15) is 0 Å². The number of nitrogens with zero attached hydrogens (tertiary/aromatic N) is 2. The van der Waals surface area contributed by atoms with E-state index in [1.807, 2.05) is 24.3 Å². The lowest BCUT2D eigenvalue weighted by Crippen LogP contribution is -2.64. The number of rotatable bonds is 0. The molecule has 6 aliphatic rings. The molecule has 0 atom stereocenters. The van der Waals surface area contributed by atoms with Gasteiger partial charge in [0.15, 0.2) is 23.0 Å². The average molecular weight is 640 g/mol. The Balaban J connectivity index is 1.25. The molecular weight excluding hydrogens is 618 g/mol. The van der Waals surface area contributed by atoms with Crippen molar-refractivity contribution in [2.75, 3.05) is 9.80 Å². The molecule has 7 aromatic carbocycles. The van der Waals surface area contributed by atoms with E-state index < -0.39 is 0 Å². The zero-order valence-electron chi connectivity index (χ0n) is 26.4. The number of fused-ring (bicyclic) bond motifs is 14. The molecule has 0 aliphatic carbocycles. The lowest BCUT2D eigenvalue weighted by molar-refractivity contribution is 0.466. The second-order valence-electron chi connectivity index (χ2n) is 13.5. The highest BCUT2D eigenvalue weighted by Crippen LogP contribution is 2.60. The van der Waals surface area contributed by atoms with E-state index in [0.717, 1.165) is 102 Å². The zero-order valence-corrected chi connectivity index (χ0v) is 26.4. The highest BCUT2D eigenvalue weighted by molar-refractivity contribution is 7.02. The lowest BCUT2D eigenvalue weighted by atomic mass is 9.31. The molecule has 0 amide bonds. The van der Waals surface area contributed by atoms with Gasteiger partial charge in [-0.1, -0.05) is 84.9 Å². The molecule has 50 heavy (non-hydrogen) atoms. The second-order valence-corrected chi connectivity index (χ2v) is 13.5. The van der Waals surface area contributed by atoms with Crippen molar-refractivity contribution in [2.24, 2.45) is 0 Å². The van der Waals surface area contributed by atoms with E-state index in [0.29, 0.717) is 0 Å². The number of hydrogen-bond donors (Lipinski definition) is 0. The first kappa shape index (κ1) is 25.5. The van der Waals surface area contributed by atoms with E-state index >= 15 is 0 Å². The molecule has 6 nitrogen and oxygen atoms in total. The fourth-order valence-corrected chi connectivity index (χ4v) is 9.29. The van der Waals surface area contributed by atoms with Crippen LogP contribution in [0.5, 0.6) is 46.0 Å². The minimum atomic E-state index is -0.126. The van der Waals surface area contributed by atoms with Gasteiger partial charge in [-0.25, -0.2) is 0 Å². The fraction of sp³-hybridized carbons (Fsp3) is 0. The quantitative estimate of drug-likeness (QED) is 0.172. The fourth-order valence-electron chi connectivity index (χ4n) is 9.29. The normalized spacial score (nSPS) is 14.9. The number of hydrogen-bond acceptors (Lipinski definition) is 6. The SMILES string of the molecule is c1ccc2c(c1)Oc1c3c(c4c5c1N1c6ccccc6Oc6cccc(c61)B5c1ccccc1O4)N1c4ccccc4Oc4cccc(c41)B23. The molecule has 6 heterocycles. The van der Waals surface area contributed by atoms with Crippen molar-refractivity contribution in [3.8, 4) is 46.0 Å². The van der Waals surface area contributed by atoms with Crippen LogP contribution in [0.3, 0.4) is 0 Å². The first-order valence-electron chi connectivity index (χ1n) is 17.0. The predicted octanol–water partition coefficient (Wildman–Crippen LogP) is 6.71. The van der Waals surface area contributed by atoms with E-state index in [1.165, 1.54) is 10.9 Å². The first-order valence-corrected chi connectivity index (χ1v) is 17.0. The zero-order chi connectivity index (χ0) is 32.2. The molecule has 6 aliphatic heterocycles. The predicted molar refractivity (Wildman–Crippen MR) is 198 cm³/mol. The van der Waals surface area contributed by atoms with Crippen molar-refractivity contribution in [3.63, 3.8) is 0 Å². The van der Waals surface area contributed by atoms with E-state index in [2.05, 4.69) is 119 Å². The standard InChI is InChI=1S/C42H22B2N2O4/c1-5-17-29-23(11-1)43-25-13-9-21-33-37(25)45(27-15-3-7-19-31(27)47-33)39-35(43)41(49-29)40-36-42(39)50-30-18-6-2-12-24(30)44(36)26-14-10-22-34-38(26)46(40)28-16-4-8-20-32(28)48-34/h1-22H. The Kier molecular flexibility index (Phi) is 4.45. The van der Waals surface area contributed by atoms with Crippen LogP contribution >= 0.6 is 0 Å². The molecular formula is C42H22B2N2O4. The van der Waals surface area contributed by atoms with Gasteiger partial charge in [-0.2, -0.15) is 0 Å². The van der Waals surface area contributed by atoms with Crippen LogP contribution in [0.25, 0.3) is 0 Å². The molecule has 0 N–H and O–H groups in total. The van der Waals surface area contributed by atoms with E-state index in [-0.39, 0.29) is 13.4 Å². The van der Waals surface area contributed by atoms with Crippen LogP contribution in [0.15, 0.2) is 133 Å². The number of para-hydroxylation sites is 8. The molecule has 230 valence electrons. The highest BCUT2D eigenvalue weighted by Gasteiger charge is 2.54. The van der Waals surface area contributed by atoms with Crippen LogP contribution in [0.2, 0.25) is 0 Å². The van der Waals surface area contributed by atoms with Crippen molar-refractivity contribution in [1.82, 2.24) is 0 Å². The van der Waals surface area contributed by atoms with Crippen molar-refractivity contribution in [3.05, 3.63) is 133 Å². The number of ether oxygens (including phenoxy) is 4. The Morgan fingerprint density at radius 3 is 1.18 bits per heavy atom. The Morgan fingerprint density at radius 1 is 0.320 bits per heavy atom. The van der Waals surface area contributed by atoms with Crippen molar-refractivity contribution in [2.45, 2.75) is 0 Å². The van der Waals surface area contributed by atoms with Crippen molar-refractivity contribution >= 4 is 80.3 Å². The van der Waals surface area contributed by atoms with Gasteiger partial charge in [-0.3, -0.25) is 0 Å². The monoisotopic (exact) mass is 640 g/mol. The summed E-state index contributed by atoms with van der Waals surface area (Å²) >= 11 is 0. The minimum Gasteiger partial charge on any atom is -0.456 e. The molecule has 8 heteroatoms. The van der Waals surface area contributed by atoms with Crippen LogP contribution in [0, 0.1) is 0 Å². The molecule has 0 unspecified atom stereocenters. The summed E-state index contributed by atoms with van der Waals surface area (Å²) in [6, 6.07) is 46.3. The van der Waals surface area contributed by atoms with Gasteiger partial charge in [-0.05, 0) is 70.4 Å². The third-order valence-corrected chi connectivity index (χ3v) is 11.1. The van der Waals surface area contributed by atoms with Gasteiger partial charge in [0.2, 0.25) is 0 Å². The number of benzene rings is 7. The van der Waals surface area contributed by atoms with Crippen LogP contribution in [0.4, 0.5) is 34.1 Å². The summed E-state index contributed by atoms with van der Waals surface area (Å²) < 4.78 is 27.8. The molecule has 0 saturated heterocycles. The molecule has 0 radical (unpaired) electrons. The van der Waals surface area contributed by atoms with Crippen molar-refractivity contribution in [1.29, 1.82) is 0 Å². The smallest absolute Gasteiger partial charge is 0.256 e. The summed E-state index contributed by atoms with van der Waals surface area (Å²) in [6.45, 7) is -0.252. The number of anilines is 6. The third kappa shape index (κ3) is 2.88. The maximum Gasteiger partial charge on any atom is 0.256 e. The Hall–Kier alpha value is -6.53. The van der Waals surface area contributed by atoms with Gasteiger partial charge in [0, 0.05) is 10.9 Å². The largest absolute Gasteiger partial charge is 0.456 e. The Morgan fingerprint density at radius 2 is 0.700 bits per heavy atom. The Bertz CT molecular complexity index is 2540. The summed E-state index contributed by atoms with van der Waals surface area (Å²) in [7, 11) is 0. The summed E-state index contributed by atoms with van der Waals surface area (Å²) in [6.07, 6.45) is 0. The molecule has 0 saturated carbocycles. The minimum absolute atomic E-state index is 0.126. The van der Waals surface area contributed by atoms with Crippen molar-refractivity contribution < 1.29 is 18.9 Å². The van der Waals surface area contributed by atoms with E-state index in [4.69, 9.17) is 18.9 Å². The molecule has 7 aromatic rings. The molecule has 0 spiro atoms. The van der Waals surface area contributed by atoms with Crippen LogP contribution in [-0.2, 0) is 0 Å². The summed E-state index contributed by atoms with van der Waals surface area (Å²) in [5, 5.41) is 0.